The molecule has 1 aliphatic rings. The average molecular weight is 467 g/mol. The van der Waals surface area contributed by atoms with Crippen LogP contribution in [0.25, 0.3) is 10.9 Å². The normalized spacial score (nSPS) is 15.8. The number of aliphatic hydroxyl groups is 1. The van der Waals surface area contributed by atoms with Gasteiger partial charge in [-0.2, -0.15) is 5.26 Å². The molecule has 1 fully saturated rings. The van der Waals surface area contributed by atoms with Crippen molar-refractivity contribution >= 4 is 10.9 Å². The lowest BCUT2D eigenvalue weighted by molar-refractivity contribution is 0.0404. The molecule has 1 aliphatic heterocycles. The highest BCUT2D eigenvalue weighted by Gasteiger charge is 2.27. The van der Waals surface area contributed by atoms with E-state index in [1.54, 1.807) is 6.07 Å². The lowest BCUT2D eigenvalue weighted by Crippen LogP contribution is -2.50. The van der Waals surface area contributed by atoms with Crippen molar-refractivity contribution in [2.75, 3.05) is 39.3 Å². The van der Waals surface area contributed by atoms with Crippen LogP contribution in [0.15, 0.2) is 84.9 Å². The van der Waals surface area contributed by atoms with E-state index < -0.39 is 6.10 Å². The molecule has 0 unspecified atom stereocenters. The summed E-state index contributed by atoms with van der Waals surface area (Å²) < 4.78 is 5.94. The van der Waals surface area contributed by atoms with E-state index in [9.17, 15) is 5.11 Å². The van der Waals surface area contributed by atoms with Crippen LogP contribution >= 0.6 is 0 Å². The zero-order chi connectivity index (χ0) is 24.0. The number of β-amino-alcohol motifs (C(OH)–C–C–N with tert-alkyl or cyclic N) is 1. The van der Waals surface area contributed by atoms with Crippen LogP contribution in [0.4, 0.5) is 0 Å². The number of ether oxygens (including phenoxy) is 1. The molecular weight excluding hydrogens is 436 g/mol. The van der Waals surface area contributed by atoms with Gasteiger partial charge in [0, 0.05) is 38.1 Å². The molecule has 35 heavy (non-hydrogen) atoms. The Balaban J connectivity index is 1.18. The maximum atomic E-state index is 10.7. The molecule has 178 valence electrons. The number of benzene rings is 3. The first-order valence-corrected chi connectivity index (χ1v) is 12.1. The quantitative estimate of drug-likeness (QED) is 0.407. The van der Waals surface area contributed by atoms with Gasteiger partial charge in [-0.25, -0.2) is 0 Å². The summed E-state index contributed by atoms with van der Waals surface area (Å²) in [6, 6.07) is 31.2. The number of aliphatic hydroxyl groups excluding tert-OH is 1. The number of rotatable bonds is 8. The predicted molar refractivity (Wildman–Crippen MR) is 137 cm³/mol. The molecule has 5 rings (SSSR count). The van der Waals surface area contributed by atoms with Gasteiger partial charge in [-0.1, -0.05) is 66.7 Å². The molecule has 0 aliphatic carbocycles. The Bertz CT molecular complexity index is 1240. The number of nitrogens with one attached hydrogen (secondary N) is 1. The van der Waals surface area contributed by atoms with Gasteiger partial charge in [0.2, 0.25) is 0 Å². The van der Waals surface area contributed by atoms with Crippen LogP contribution in [0.1, 0.15) is 22.9 Å². The Morgan fingerprint density at radius 3 is 2.17 bits per heavy atom. The molecule has 1 aromatic heterocycles. The number of hydrogen-bond donors (Lipinski definition) is 2. The maximum Gasteiger partial charge on any atom is 0.128 e. The first-order chi connectivity index (χ1) is 17.2. The van der Waals surface area contributed by atoms with Crippen molar-refractivity contribution in [1.29, 1.82) is 5.26 Å². The van der Waals surface area contributed by atoms with E-state index in [0.717, 1.165) is 37.1 Å². The number of aromatic amines is 1. The number of H-pyrrole nitrogens is 1. The topological polar surface area (TPSA) is 75.5 Å². The van der Waals surface area contributed by atoms with Crippen molar-refractivity contribution in [2.45, 2.75) is 12.1 Å². The lowest BCUT2D eigenvalue weighted by Gasteiger charge is -2.40. The number of aromatic nitrogens is 1. The fourth-order valence-corrected chi connectivity index (χ4v) is 4.94. The largest absolute Gasteiger partial charge is 0.490 e. The van der Waals surface area contributed by atoms with Gasteiger partial charge in [0.05, 0.1) is 11.6 Å². The van der Waals surface area contributed by atoms with Crippen LogP contribution < -0.4 is 4.74 Å². The highest BCUT2D eigenvalue weighted by molar-refractivity contribution is 5.87. The molecule has 0 spiro atoms. The van der Waals surface area contributed by atoms with Gasteiger partial charge in [-0.15, -0.1) is 0 Å². The second-order valence-electron chi connectivity index (χ2n) is 9.04. The number of hydrogen-bond acceptors (Lipinski definition) is 5. The van der Waals surface area contributed by atoms with Crippen molar-refractivity contribution in [3.63, 3.8) is 0 Å². The van der Waals surface area contributed by atoms with E-state index in [1.165, 1.54) is 11.1 Å². The molecule has 0 bridgehead atoms. The number of nitrogens with zero attached hydrogens (tertiary/aromatic N) is 3. The van der Waals surface area contributed by atoms with Gasteiger partial charge in [0.15, 0.2) is 0 Å². The summed E-state index contributed by atoms with van der Waals surface area (Å²) in [7, 11) is 0. The molecular formula is C29H30N4O2. The molecule has 1 atom stereocenters. The minimum Gasteiger partial charge on any atom is -0.490 e. The summed E-state index contributed by atoms with van der Waals surface area (Å²) in [4.78, 5) is 7.90. The Kier molecular flexibility index (Phi) is 7.10. The molecule has 4 aromatic rings. The Morgan fingerprint density at radius 1 is 0.886 bits per heavy atom. The molecule has 0 saturated carbocycles. The van der Waals surface area contributed by atoms with Gasteiger partial charge >= 0.3 is 0 Å². The van der Waals surface area contributed by atoms with Crippen LogP contribution in [0.2, 0.25) is 0 Å². The minimum atomic E-state index is -0.592. The van der Waals surface area contributed by atoms with Crippen molar-refractivity contribution < 1.29 is 9.84 Å². The Labute approximate surface area is 206 Å². The van der Waals surface area contributed by atoms with Crippen molar-refractivity contribution in [2.24, 2.45) is 0 Å². The standard InChI is InChI=1S/C29H30N4O2/c30-19-24-18-26-27(31-24)12-7-13-28(26)35-21-25(34)20-32-14-16-33(17-15-32)29(22-8-3-1-4-9-22)23-10-5-2-6-11-23/h1-13,18,25,29,31,34H,14-17,20-21H2/t25-/m0/s1. The van der Waals surface area contributed by atoms with Crippen LogP contribution in [0.5, 0.6) is 5.75 Å². The Hall–Kier alpha value is -3.63. The van der Waals surface area contributed by atoms with E-state index >= 15 is 0 Å². The fraction of sp³-hybridized carbons (Fsp3) is 0.276. The summed E-state index contributed by atoms with van der Waals surface area (Å²) in [5, 5.41) is 20.7. The van der Waals surface area contributed by atoms with Crippen LogP contribution in [-0.2, 0) is 0 Å². The van der Waals surface area contributed by atoms with E-state index in [4.69, 9.17) is 10.00 Å². The molecule has 0 amide bonds. The SMILES string of the molecule is N#Cc1cc2c(OC[C@@H](O)CN3CCN(C(c4ccccc4)c4ccccc4)CC3)cccc2[nH]1. The van der Waals surface area contributed by atoms with Gasteiger partial charge in [0.25, 0.3) is 0 Å². The summed E-state index contributed by atoms with van der Waals surface area (Å²) >= 11 is 0. The predicted octanol–water partition coefficient (Wildman–Crippen LogP) is 4.19. The monoisotopic (exact) mass is 466 g/mol. The highest BCUT2D eigenvalue weighted by Crippen LogP contribution is 2.30. The molecule has 1 saturated heterocycles. The van der Waals surface area contributed by atoms with Crippen LogP contribution in [0.3, 0.4) is 0 Å². The minimum absolute atomic E-state index is 0.211. The van der Waals surface area contributed by atoms with Crippen molar-refractivity contribution in [1.82, 2.24) is 14.8 Å². The van der Waals surface area contributed by atoms with Gasteiger partial charge in [-0.05, 0) is 29.3 Å². The van der Waals surface area contributed by atoms with E-state index in [1.807, 2.05) is 18.2 Å². The van der Waals surface area contributed by atoms with Crippen LogP contribution in [0, 0.1) is 11.3 Å². The number of piperazine rings is 1. The molecule has 2 heterocycles. The third-order valence-electron chi connectivity index (χ3n) is 6.65. The second kappa shape index (κ2) is 10.7. The van der Waals surface area contributed by atoms with E-state index in [0.29, 0.717) is 18.0 Å². The van der Waals surface area contributed by atoms with Gasteiger partial charge in [-0.3, -0.25) is 9.80 Å². The second-order valence-corrected chi connectivity index (χ2v) is 9.04. The maximum absolute atomic E-state index is 10.7. The first kappa shape index (κ1) is 23.1. The molecule has 3 aromatic carbocycles. The molecule has 6 heteroatoms. The third kappa shape index (κ3) is 5.39. The van der Waals surface area contributed by atoms with E-state index in [-0.39, 0.29) is 12.6 Å². The van der Waals surface area contributed by atoms with Gasteiger partial charge < -0.3 is 14.8 Å². The number of fused-ring (bicyclic) bond motifs is 1. The summed E-state index contributed by atoms with van der Waals surface area (Å²) in [5.74, 6) is 0.678. The fourth-order valence-electron chi connectivity index (χ4n) is 4.94. The average Bonchev–Trinajstić information content (AvgIpc) is 3.34. The number of nitriles is 1. The third-order valence-corrected chi connectivity index (χ3v) is 6.65. The van der Waals surface area contributed by atoms with Crippen molar-refractivity contribution in [3.05, 3.63) is 102 Å². The lowest BCUT2D eigenvalue weighted by atomic mass is 9.96. The summed E-state index contributed by atoms with van der Waals surface area (Å²) in [6.07, 6.45) is -0.592. The van der Waals surface area contributed by atoms with Crippen molar-refractivity contribution in [3.8, 4) is 11.8 Å². The molecule has 6 nitrogen and oxygen atoms in total. The zero-order valence-electron chi connectivity index (χ0n) is 19.7. The Morgan fingerprint density at radius 2 is 1.54 bits per heavy atom. The zero-order valence-corrected chi connectivity index (χ0v) is 19.7. The summed E-state index contributed by atoms with van der Waals surface area (Å²) in [6.45, 7) is 4.44. The molecule has 0 radical (unpaired) electrons. The van der Waals surface area contributed by atoms with Crippen LogP contribution in [-0.4, -0.2) is 65.3 Å². The smallest absolute Gasteiger partial charge is 0.128 e. The first-order valence-electron chi connectivity index (χ1n) is 12.1. The molecule has 2 N–H and O–H groups in total. The van der Waals surface area contributed by atoms with Gasteiger partial charge in [0.1, 0.15) is 30.2 Å². The highest BCUT2D eigenvalue weighted by atomic mass is 16.5. The van der Waals surface area contributed by atoms with E-state index in [2.05, 4.69) is 81.5 Å². The summed E-state index contributed by atoms with van der Waals surface area (Å²) in [5.41, 5.74) is 3.97.